The van der Waals surface area contributed by atoms with Gasteiger partial charge in [-0.3, -0.25) is 4.98 Å². The molecule has 2 rings (SSSR count). The van der Waals surface area contributed by atoms with Crippen LogP contribution >= 0.6 is 11.6 Å². The van der Waals surface area contributed by atoms with E-state index in [4.69, 9.17) is 11.6 Å². The van der Waals surface area contributed by atoms with Gasteiger partial charge in [-0.15, -0.1) is 16.7 Å². The van der Waals surface area contributed by atoms with E-state index < -0.39 is 0 Å². The monoisotopic (exact) mass is 250 g/mol. The zero-order valence-corrected chi connectivity index (χ0v) is 10.6. The molecular formula is C12H15ClN4. The molecule has 0 fully saturated rings. The molecule has 17 heavy (non-hydrogen) atoms. The van der Waals surface area contributed by atoms with Crippen LogP contribution in [0.15, 0.2) is 24.5 Å². The van der Waals surface area contributed by atoms with Crippen molar-refractivity contribution in [3.05, 3.63) is 41.5 Å². The van der Waals surface area contributed by atoms with Crippen molar-refractivity contribution in [3.63, 3.8) is 0 Å². The molecule has 5 heteroatoms. The highest BCUT2D eigenvalue weighted by atomic mass is 35.5. The Labute approximate surface area is 106 Å². The number of aromatic nitrogens is 4. The van der Waals surface area contributed by atoms with Gasteiger partial charge in [-0.05, 0) is 31.4 Å². The maximum atomic E-state index is 5.64. The number of hydrogen-bond donors (Lipinski definition) is 0. The van der Waals surface area contributed by atoms with Crippen molar-refractivity contribution < 1.29 is 0 Å². The highest BCUT2D eigenvalue weighted by Crippen LogP contribution is 2.06. The molecule has 0 saturated carbocycles. The lowest BCUT2D eigenvalue weighted by Crippen LogP contribution is -2.04. The fraction of sp³-hybridized carbons (Fsp3) is 0.417. The lowest BCUT2D eigenvalue weighted by atomic mass is 10.2. The Bertz CT molecular complexity index is 481. The van der Waals surface area contributed by atoms with Gasteiger partial charge in [0.1, 0.15) is 0 Å². The Hall–Kier alpha value is -1.42. The largest absolute Gasteiger partial charge is 0.259 e. The Morgan fingerprint density at radius 2 is 2.29 bits per heavy atom. The first-order chi connectivity index (χ1) is 8.29. The molecule has 0 amide bonds. The van der Waals surface area contributed by atoms with Crippen molar-refractivity contribution in [3.8, 4) is 0 Å². The standard InChI is InChI=1S/C12H15ClN4/c1-10-4-3-7-14-12(10)9-17-8-11(15-16-17)5-2-6-13/h3-4,7-8H,2,5-6,9H2,1H3. The van der Waals surface area contributed by atoms with E-state index in [-0.39, 0.29) is 0 Å². The average Bonchev–Trinajstić information content (AvgIpc) is 2.77. The van der Waals surface area contributed by atoms with Gasteiger partial charge in [0.2, 0.25) is 0 Å². The lowest BCUT2D eigenvalue weighted by Gasteiger charge is -2.02. The molecule has 0 saturated heterocycles. The number of aryl methyl sites for hydroxylation is 2. The summed E-state index contributed by atoms with van der Waals surface area (Å²) in [5, 5.41) is 8.20. The summed E-state index contributed by atoms with van der Waals surface area (Å²) in [5.41, 5.74) is 3.19. The summed E-state index contributed by atoms with van der Waals surface area (Å²) in [4.78, 5) is 4.34. The Morgan fingerprint density at radius 1 is 1.41 bits per heavy atom. The van der Waals surface area contributed by atoms with E-state index in [1.54, 1.807) is 6.20 Å². The van der Waals surface area contributed by atoms with Crippen molar-refractivity contribution >= 4 is 11.6 Å². The highest BCUT2D eigenvalue weighted by molar-refractivity contribution is 6.17. The molecule has 2 aromatic rings. The normalized spacial score (nSPS) is 10.7. The summed E-state index contributed by atoms with van der Waals surface area (Å²) < 4.78 is 1.82. The minimum Gasteiger partial charge on any atom is -0.259 e. The Morgan fingerprint density at radius 3 is 3.06 bits per heavy atom. The van der Waals surface area contributed by atoms with Crippen molar-refractivity contribution in [1.82, 2.24) is 20.0 Å². The van der Waals surface area contributed by atoms with Crippen molar-refractivity contribution in [1.29, 1.82) is 0 Å². The smallest absolute Gasteiger partial charge is 0.0851 e. The van der Waals surface area contributed by atoms with Crippen LogP contribution in [0.1, 0.15) is 23.4 Å². The van der Waals surface area contributed by atoms with Gasteiger partial charge in [-0.25, -0.2) is 4.68 Å². The topological polar surface area (TPSA) is 43.6 Å². The SMILES string of the molecule is Cc1cccnc1Cn1cc(CCCCl)nn1. The third kappa shape index (κ3) is 3.27. The van der Waals surface area contributed by atoms with Crippen LogP contribution in [-0.2, 0) is 13.0 Å². The molecule has 4 nitrogen and oxygen atoms in total. The first-order valence-electron chi connectivity index (χ1n) is 5.65. The highest BCUT2D eigenvalue weighted by Gasteiger charge is 2.03. The van der Waals surface area contributed by atoms with Crippen LogP contribution in [0.2, 0.25) is 0 Å². The van der Waals surface area contributed by atoms with Gasteiger partial charge in [0, 0.05) is 18.3 Å². The zero-order chi connectivity index (χ0) is 12.1. The summed E-state index contributed by atoms with van der Waals surface area (Å²) in [6.45, 7) is 2.72. The predicted molar refractivity (Wildman–Crippen MR) is 67.1 cm³/mol. The van der Waals surface area contributed by atoms with Gasteiger partial charge in [-0.2, -0.15) is 0 Å². The van der Waals surface area contributed by atoms with Crippen LogP contribution in [0.3, 0.4) is 0 Å². The van der Waals surface area contributed by atoms with Gasteiger partial charge in [0.25, 0.3) is 0 Å². The second-order valence-corrected chi connectivity index (χ2v) is 4.34. The van der Waals surface area contributed by atoms with Crippen molar-refractivity contribution in [2.75, 3.05) is 5.88 Å². The molecule has 0 aromatic carbocycles. The molecule has 0 unspecified atom stereocenters. The summed E-state index contributed by atoms with van der Waals surface area (Å²) in [6.07, 6.45) is 5.57. The first kappa shape index (κ1) is 12.0. The van der Waals surface area contributed by atoms with Crippen LogP contribution in [0.25, 0.3) is 0 Å². The second kappa shape index (κ2) is 5.77. The van der Waals surface area contributed by atoms with Crippen LogP contribution < -0.4 is 0 Å². The van der Waals surface area contributed by atoms with Crippen LogP contribution in [0, 0.1) is 6.92 Å². The van der Waals surface area contributed by atoms with E-state index in [9.17, 15) is 0 Å². The van der Waals surface area contributed by atoms with Crippen molar-refractivity contribution in [2.45, 2.75) is 26.3 Å². The first-order valence-corrected chi connectivity index (χ1v) is 6.18. The van der Waals surface area contributed by atoms with E-state index in [1.807, 2.05) is 29.9 Å². The number of pyridine rings is 1. The minimum atomic E-state index is 0.659. The summed E-state index contributed by atoms with van der Waals surface area (Å²) >= 11 is 5.64. The Balaban J connectivity index is 2.04. The summed E-state index contributed by atoms with van der Waals surface area (Å²) in [5.74, 6) is 0.659. The lowest BCUT2D eigenvalue weighted by molar-refractivity contribution is 0.635. The molecule has 0 atom stereocenters. The van der Waals surface area contributed by atoms with Gasteiger partial charge in [-0.1, -0.05) is 11.3 Å². The number of rotatable bonds is 5. The van der Waals surface area contributed by atoms with E-state index >= 15 is 0 Å². The zero-order valence-electron chi connectivity index (χ0n) is 9.80. The maximum Gasteiger partial charge on any atom is 0.0851 e. The van der Waals surface area contributed by atoms with Gasteiger partial charge in [0.05, 0.1) is 17.9 Å². The number of alkyl halides is 1. The predicted octanol–water partition coefficient (Wildman–Crippen LogP) is 2.20. The minimum absolute atomic E-state index is 0.659. The maximum absolute atomic E-state index is 5.64. The molecule has 0 bridgehead atoms. The average molecular weight is 251 g/mol. The van der Waals surface area contributed by atoms with E-state index in [2.05, 4.69) is 15.3 Å². The molecule has 0 aliphatic heterocycles. The Kier molecular flexibility index (Phi) is 4.09. The summed E-state index contributed by atoms with van der Waals surface area (Å²) in [7, 11) is 0. The molecule has 0 spiro atoms. The molecule has 0 aliphatic carbocycles. The van der Waals surface area contributed by atoms with E-state index in [0.29, 0.717) is 12.4 Å². The van der Waals surface area contributed by atoms with E-state index in [0.717, 1.165) is 24.2 Å². The van der Waals surface area contributed by atoms with Gasteiger partial charge in [0.15, 0.2) is 0 Å². The molecular weight excluding hydrogens is 236 g/mol. The summed E-state index contributed by atoms with van der Waals surface area (Å²) in [6, 6.07) is 3.99. The van der Waals surface area contributed by atoms with Gasteiger partial charge >= 0.3 is 0 Å². The third-order valence-corrected chi connectivity index (χ3v) is 2.85. The van der Waals surface area contributed by atoms with Crippen molar-refractivity contribution in [2.24, 2.45) is 0 Å². The molecule has 2 aromatic heterocycles. The molecule has 0 aliphatic rings. The van der Waals surface area contributed by atoms with E-state index in [1.165, 1.54) is 5.56 Å². The fourth-order valence-corrected chi connectivity index (χ4v) is 1.75. The van der Waals surface area contributed by atoms with Crippen LogP contribution in [0.5, 0.6) is 0 Å². The molecule has 90 valence electrons. The van der Waals surface area contributed by atoms with Crippen LogP contribution in [0.4, 0.5) is 0 Å². The molecule has 0 N–H and O–H groups in total. The van der Waals surface area contributed by atoms with Gasteiger partial charge < -0.3 is 0 Å². The second-order valence-electron chi connectivity index (χ2n) is 3.97. The number of hydrogen-bond acceptors (Lipinski definition) is 3. The third-order valence-electron chi connectivity index (χ3n) is 2.58. The molecule has 2 heterocycles. The molecule has 0 radical (unpaired) electrons. The number of halogens is 1. The fourth-order valence-electron chi connectivity index (χ4n) is 1.62. The van der Waals surface area contributed by atoms with Crippen LogP contribution in [-0.4, -0.2) is 25.9 Å². The number of nitrogens with zero attached hydrogens (tertiary/aromatic N) is 4. The quantitative estimate of drug-likeness (QED) is 0.764.